The van der Waals surface area contributed by atoms with Crippen molar-refractivity contribution in [2.75, 3.05) is 11.5 Å². The van der Waals surface area contributed by atoms with Gasteiger partial charge in [0.2, 0.25) is 0 Å². The zero-order valence-electron chi connectivity index (χ0n) is 12.7. The van der Waals surface area contributed by atoms with E-state index in [4.69, 9.17) is 52.0 Å². The number of rotatable bonds is 3. The van der Waals surface area contributed by atoms with E-state index < -0.39 is 5.91 Å². The van der Waals surface area contributed by atoms with Gasteiger partial charge < -0.3 is 17.2 Å². The Morgan fingerprint density at radius 1 is 1.00 bits per heavy atom. The quantitative estimate of drug-likeness (QED) is 0.343. The highest BCUT2D eigenvalue weighted by Gasteiger charge is 2.13. The second-order valence-electron chi connectivity index (χ2n) is 4.87. The smallest absolute Gasteiger partial charge is 0.260 e. The van der Waals surface area contributed by atoms with Crippen LogP contribution in [0, 0.1) is 0 Å². The normalized spacial score (nSPS) is 10.9. The van der Waals surface area contributed by atoms with E-state index >= 15 is 0 Å². The molecule has 10 heteroatoms. The fourth-order valence-electron chi connectivity index (χ4n) is 1.84. The molecular formula is C15H15Cl4N5O. The monoisotopic (exact) mass is 421 g/mol. The average Bonchev–Trinajstić information content (AvgIpc) is 2.52. The molecule has 0 heterocycles. The van der Waals surface area contributed by atoms with Crippen molar-refractivity contribution < 1.29 is 4.79 Å². The van der Waals surface area contributed by atoms with Gasteiger partial charge in [-0.1, -0.05) is 40.9 Å². The zero-order chi connectivity index (χ0) is 17.9. The van der Waals surface area contributed by atoms with E-state index in [-0.39, 0.29) is 46.9 Å². The SMILES string of the molecule is Cl.NC(=NCc1ccc(Cl)c(Cl)c1)NC(=O)c1cc(Cl)c(N)cc1N. The molecular weight excluding hydrogens is 408 g/mol. The van der Waals surface area contributed by atoms with Crippen LogP contribution in [0.15, 0.2) is 35.3 Å². The van der Waals surface area contributed by atoms with Gasteiger partial charge in [-0.25, -0.2) is 4.99 Å². The van der Waals surface area contributed by atoms with Crippen LogP contribution in [0.3, 0.4) is 0 Å². The van der Waals surface area contributed by atoms with Crippen molar-refractivity contribution in [3.63, 3.8) is 0 Å². The molecule has 0 spiro atoms. The Labute approximate surface area is 165 Å². The van der Waals surface area contributed by atoms with Crippen molar-refractivity contribution in [2.24, 2.45) is 10.7 Å². The second kappa shape index (κ2) is 9.01. The number of benzene rings is 2. The third-order valence-electron chi connectivity index (χ3n) is 3.07. The second-order valence-corrected chi connectivity index (χ2v) is 6.09. The molecule has 6 nitrogen and oxygen atoms in total. The number of carbonyl (C=O) groups is 1. The largest absolute Gasteiger partial charge is 0.398 e. The summed E-state index contributed by atoms with van der Waals surface area (Å²) < 4.78 is 0. The minimum atomic E-state index is -0.537. The maximum atomic E-state index is 12.2. The van der Waals surface area contributed by atoms with Gasteiger partial charge in [0.15, 0.2) is 5.96 Å². The molecule has 134 valence electrons. The maximum absolute atomic E-state index is 12.2. The van der Waals surface area contributed by atoms with Gasteiger partial charge in [0, 0.05) is 5.69 Å². The van der Waals surface area contributed by atoms with Crippen LogP contribution in [-0.2, 0) is 6.54 Å². The summed E-state index contributed by atoms with van der Waals surface area (Å²) in [6.07, 6.45) is 0. The number of hydrogen-bond acceptors (Lipinski definition) is 4. The summed E-state index contributed by atoms with van der Waals surface area (Å²) in [5, 5.41) is 3.51. The molecule has 0 atom stereocenters. The van der Waals surface area contributed by atoms with Crippen molar-refractivity contribution in [3.8, 4) is 0 Å². The number of guanidine groups is 1. The molecule has 0 unspecified atom stereocenters. The van der Waals surface area contributed by atoms with Crippen LogP contribution in [0.5, 0.6) is 0 Å². The van der Waals surface area contributed by atoms with Crippen molar-refractivity contribution in [1.82, 2.24) is 5.32 Å². The summed E-state index contributed by atoms with van der Waals surface area (Å²) in [6.45, 7) is 0.223. The van der Waals surface area contributed by atoms with Crippen LogP contribution in [0.2, 0.25) is 15.1 Å². The number of anilines is 2. The molecule has 0 fully saturated rings. The van der Waals surface area contributed by atoms with Gasteiger partial charge in [-0.3, -0.25) is 10.1 Å². The number of nitrogen functional groups attached to an aromatic ring is 2. The molecule has 0 aromatic heterocycles. The van der Waals surface area contributed by atoms with Gasteiger partial charge in [-0.05, 0) is 29.8 Å². The number of halogens is 4. The lowest BCUT2D eigenvalue weighted by Crippen LogP contribution is -2.37. The first-order valence-corrected chi connectivity index (χ1v) is 7.81. The van der Waals surface area contributed by atoms with Crippen LogP contribution < -0.4 is 22.5 Å². The predicted octanol–water partition coefficient (Wildman–Crippen LogP) is 3.48. The topological polar surface area (TPSA) is 120 Å². The molecule has 0 aliphatic rings. The Bertz CT molecular complexity index is 826. The Kier molecular flexibility index (Phi) is 7.63. The lowest BCUT2D eigenvalue weighted by atomic mass is 10.1. The van der Waals surface area contributed by atoms with Crippen molar-refractivity contribution in [3.05, 3.63) is 56.5 Å². The highest BCUT2D eigenvalue weighted by atomic mass is 35.5. The molecule has 2 rings (SSSR count). The molecule has 0 aliphatic heterocycles. The van der Waals surface area contributed by atoms with Gasteiger partial charge in [-0.2, -0.15) is 0 Å². The Hall–Kier alpha value is -1.86. The van der Waals surface area contributed by atoms with Crippen LogP contribution in [-0.4, -0.2) is 11.9 Å². The molecule has 2 aromatic rings. The first-order chi connectivity index (χ1) is 11.3. The van der Waals surface area contributed by atoms with Gasteiger partial charge in [-0.15, -0.1) is 12.4 Å². The van der Waals surface area contributed by atoms with Gasteiger partial charge in [0.1, 0.15) is 0 Å². The molecule has 1 amide bonds. The van der Waals surface area contributed by atoms with E-state index in [9.17, 15) is 4.79 Å². The summed E-state index contributed by atoms with van der Waals surface area (Å²) in [4.78, 5) is 16.2. The van der Waals surface area contributed by atoms with E-state index in [1.165, 1.54) is 12.1 Å². The third-order valence-corrected chi connectivity index (χ3v) is 4.14. The van der Waals surface area contributed by atoms with Crippen LogP contribution in [0.25, 0.3) is 0 Å². The summed E-state index contributed by atoms with van der Waals surface area (Å²) >= 11 is 17.6. The standard InChI is InChI=1S/C15H14Cl3N5O.ClH/c16-9-2-1-7(3-10(9)17)6-22-15(21)23-14(24)8-4-11(18)13(20)5-12(8)19;/h1-5H,6,19-20H2,(H3,21,22,23,24);1H. The first kappa shape index (κ1) is 21.2. The molecule has 0 saturated heterocycles. The Morgan fingerprint density at radius 2 is 1.68 bits per heavy atom. The molecule has 0 saturated carbocycles. The maximum Gasteiger partial charge on any atom is 0.260 e. The summed E-state index contributed by atoms with van der Waals surface area (Å²) in [5.41, 5.74) is 18.5. The summed E-state index contributed by atoms with van der Waals surface area (Å²) in [6, 6.07) is 7.85. The van der Waals surface area contributed by atoms with Crippen LogP contribution in [0.1, 0.15) is 15.9 Å². The molecule has 0 aliphatic carbocycles. The summed E-state index contributed by atoms with van der Waals surface area (Å²) in [7, 11) is 0. The Morgan fingerprint density at radius 3 is 2.32 bits per heavy atom. The highest BCUT2D eigenvalue weighted by molar-refractivity contribution is 6.42. The Balaban J connectivity index is 0.00000312. The van der Waals surface area contributed by atoms with Crippen LogP contribution >= 0.6 is 47.2 Å². The van der Waals surface area contributed by atoms with E-state index in [0.29, 0.717) is 10.0 Å². The fourth-order valence-corrected chi connectivity index (χ4v) is 2.33. The average molecular weight is 423 g/mol. The number of nitrogens with one attached hydrogen (secondary N) is 1. The predicted molar refractivity (Wildman–Crippen MR) is 107 cm³/mol. The summed E-state index contributed by atoms with van der Waals surface area (Å²) in [5.74, 6) is -0.608. The lowest BCUT2D eigenvalue weighted by Gasteiger charge is -2.09. The first-order valence-electron chi connectivity index (χ1n) is 6.67. The fraction of sp³-hybridized carbons (Fsp3) is 0.0667. The highest BCUT2D eigenvalue weighted by Crippen LogP contribution is 2.25. The van der Waals surface area contributed by atoms with Gasteiger partial charge in [0.25, 0.3) is 5.91 Å². The third kappa shape index (κ3) is 5.57. The lowest BCUT2D eigenvalue weighted by molar-refractivity contribution is 0.0977. The number of amides is 1. The van der Waals surface area contributed by atoms with Gasteiger partial charge in [0.05, 0.1) is 32.9 Å². The van der Waals surface area contributed by atoms with E-state index in [1.54, 1.807) is 18.2 Å². The van der Waals surface area contributed by atoms with Crippen LogP contribution in [0.4, 0.5) is 11.4 Å². The number of carbonyl (C=O) groups excluding carboxylic acids is 1. The zero-order valence-corrected chi connectivity index (χ0v) is 15.8. The molecule has 2 aromatic carbocycles. The number of nitrogens with two attached hydrogens (primary N) is 3. The van der Waals surface area contributed by atoms with E-state index in [2.05, 4.69) is 10.3 Å². The minimum absolute atomic E-state index is 0. The molecule has 0 bridgehead atoms. The van der Waals surface area contributed by atoms with Crippen molar-refractivity contribution in [2.45, 2.75) is 6.54 Å². The van der Waals surface area contributed by atoms with E-state index in [1.807, 2.05) is 0 Å². The molecule has 0 radical (unpaired) electrons. The van der Waals surface area contributed by atoms with Crippen molar-refractivity contribution >= 4 is 70.5 Å². The molecule has 7 N–H and O–H groups in total. The van der Waals surface area contributed by atoms with Crippen molar-refractivity contribution in [1.29, 1.82) is 0 Å². The number of aliphatic imine (C=N–C) groups is 1. The van der Waals surface area contributed by atoms with Gasteiger partial charge >= 0.3 is 0 Å². The minimum Gasteiger partial charge on any atom is -0.398 e. The molecule has 25 heavy (non-hydrogen) atoms. The number of hydrogen-bond donors (Lipinski definition) is 4. The van der Waals surface area contributed by atoms with E-state index in [0.717, 1.165) is 5.56 Å². The number of nitrogens with zero attached hydrogens (tertiary/aromatic N) is 1.